The van der Waals surface area contributed by atoms with Crippen molar-refractivity contribution in [3.05, 3.63) is 63.7 Å². The first kappa shape index (κ1) is 14.5. The molecule has 1 amide bonds. The number of rotatable bonds is 4. The lowest BCUT2D eigenvalue weighted by molar-refractivity contribution is -0.385. The normalized spacial score (nSPS) is 10.1. The van der Waals surface area contributed by atoms with Crippen LogP contribution in [0.15, 0.2) is 42.5 Å². The second kappa shape index (κ2) is 6.04. The Bertz CT molecular complexity index is 681. The molecule has 0 saturated carbocycles. The summed E-state index contributed by atoms with van der Waals surface area (Å²) in [5.74, 6) is -0.238. The van der Waals surface area contributed by atoms with E-state index >= 15 is 0 Å². The fourth-order valence-corrected chi connectivity index (χ4v) is 1.91. The van der Waals surface area contributed by atoms with Gasteiger partial charge in [0.15, 0.2) is 0 Å². The number of hydrogen-bond acceptors (Lipinski definition) is 4. The number of carbonyl (C=O) groups excluding carboxylic acids is 1. The Morgan fingerprint density at radius 1 is 1.24 bits per heavy atom. The van der Waals surface area contributed by atoms with Crippen LogP contribution in [0, 0.1) is 17.0 Å². The standard InChI is InChI=1S/C15H15N3O3/c1-10-2-7-13(9-14(10)18(20)21)17-15(19)8-11-3-5-12(16)6-4-11/h2-7,9H,8,16H2,1H3,(H,17,19). The molecule has 3 N–H and O–H groups in total. The summed E-state index contributed by atoms with van der Waals surface area (Å²) in [6.07, 6.45) is 0.182. The summed E-state index contributed by atoms with van der Waals surface area (Å²) < 4.78 is 0. The lowest BCUT2D eigenvalue weighted by Crippen LogP contribution is -2.14. The number of amides is 1. The van der Waals surface area contributed by atoms with Gasteiger partial charge in [-0.05, 0) is 30.7 Å². The maximum Gasteiger partial charge on any atom is 0.274 e. The van der Waals surface area contributed by atoms with E-state index in [1.165, 1.54) is 6.07 Å². The van der Waals surface area contributed by atoms with Crippen molar-refractivity contribution in [3.63, 3.8) is 0 Å². The SMILES string of the molecule is Cc1ccc(NC(=O)Cc2ccc(N)cc2)cc1[N+](=O)[O-]. The molecule has 0 heterocycles. The number of anilines is 2. The Kier molecular flexibility index (Phi) is 4.18. The molecule has 0 unspecified atom stereocenters. The highest BCUT2D eigenvalue weighted by Gasteiger charge is 2.12. The van der Waals surface area contributed by atoms with Crippen LogP contribution in [-0.4, -0.2) is 10.8 Å². The largest absolute Gasteiger partial charge is 0.399 e. The van der Waals surface area contributed by atoms with Gasteiger partial charge in [0, 0.05) is 23.0 Å². The summed E-state index contributed by atoms with van der Waals surface area (Å²) in [5.41, 5.74) is 7.98. The predicted octanol–water partition coefficient (Wildman–Crippen LogP) is 2.67. The molecule has 0 fully saturated rings. The van der Waals surface area contributed by atoms with Gasteiger partial charge in [0.05, 0.1) is 11.3 Å². The molecule has 2 aromatic carbocycles. The van der Waals surface area contributed by atoms with Gasteiger partial charge in [-0.2, -0.15) is 0 Å². The van der Waals surface area contributed by atoms with Gasteiger partial charge in [0.1, 0.15) is 0 Å². The number of nitro benzene ring substituents is 1. The number of nitrogens with zero attached hydrogens (tertiary/aromatic N) is 1. The van der Waals surface area contributed by atoms with Crippen molar-refractivity contribution in [2.75, 3.05) is 11.1 Å². The van der Waals surface area contributed by atoms with Crippen molar-refractivity contribution in [3.8, 4) is 0 Å². The van der Waals surface area contributed by atoms with Crippen LogP contribution in [-0.2, 0) is 11.2 Å². The van der Waals surface area contributed by atoms with E-state index in [9.17, 15) is 14.9 Å². The average molecular weight is 285 g/mol. The monoisotopic (exact) mass is 285 g/mol. The van der Waals surface area contributed by atoms with Crippen molar-refractivity contribution >= 4 is 23.0 Å². The Morgan fingerprint density at radius 2 is 1.90 bits per heavy atom. The van der Waals surface area contributed by atoms with Crippen molar-refractivity contribution in [1.29, 1.82) is 0 Å². The zero-order chi connectivity index (χ0) is 15.4. The van der Waals surface area contributed by atoms with Crippen LogP contribution in [0.1, 0.15) is 11.1 Å². The molecule has 6 heteroatoms. The summed E-state index contributed by atoms with van der Waals surface area (Å²) in [6, 6.07) is 11.6. The number of nitrogens with two attached hydrogens (primary N) is 1. The predicted molar refractivity (Wildman–Crippen MR) is 81.0 cm³/mol. The third-order valence-electron chi connectivity index (χ3n) is 3.03. The number of hydrogen-bond donors (Lipinski definition) is 2. The quantitative estimate of drug-likeness (QED) is 0.512. The van der Waals surface area contributed by atoms with E-state index in [4.69, 9.17) is 5.73 Å². The van der Waals surface area contributed by atoms with E-state index in [1.54, 1.807) is 43.3 Å². The molecular weight excluding hydrogens is 270 g/mol. The lowest BCUT2D eigenvalue weighted by Gasteiger charge is -2.06. The van der Waals surface area contributed by atoms with Gasteiger partial charge in [0.25, 0.3) is 5.69 Å². The summed E-state index contributed by atoms with van der Waals surface area (Å²) in [6.45, 7) is 1.65. The van der Waals surface area contributed by atoms with Crippen LogP contribution in [0.2, 0.25) is 0 Å². The summed E-state index contributed by atoms with van der Waals surface area (Å²) >= 11 is 0. The molecule has 0 aliphatic heterocycles. The van der Waals surface area contributed by atoms with E-state index in [-0.39, 0.29) is 18.0 Å². The molecule has 108 valence electrons. The highest BCUT2D eigenvalue weighted by atomic mass is 16.6. The van der Waals surface area contributed by atoms with Crippen LogP contribution in [0.5, 0.6) is 0 Å². The van der Waals surface area contributed by atoms with Gasteiger partial charge < -0.3 is 11.1 Å². The van der Waals surface area contributed by atoms with Gasteiger partial charge in [-0.15, -0.1) is 0 Å². The maximum absolute atomic E-state index is 11.9. The maximum atomic E-state index is 11.9. The fourth-order valence-electron chi connectivity index (χ4n) is 1.91. The Labute approximate surface area is 121 Å². The molecular formula is C15H15N3O3. The van der Waals surface area contributed by atoms with Crippen molar-refractivity contribution in [1.82, 2.24) is 0 Å². The fraction of sp³-hybridized carbons (Fsp3) is 0.133. The molecule has 0 spiro atoms. The first-order valence-corrected chi connectivity index (χ1v) is 6.35. The number of carbonyl (C=O) groups is 1. The molecule has 2 aromatic rings. The molecule has 0 aliphatic rings. The Morgan fingerprint density at radius 3 is 2.52 bits per heavy atom. The number of benzene rings is 2. The first-order valence-electron chi connectivity index (χ1n) is 6.35. The second-order valence-electron chi connectivity index (χ2n) is 4.72. The van der Waals surface area contributed by atoms with E-state index in [0.717, 1.165) is 5.56 Å². The zero-order valence-electron chi connectivity index (χ0n) is 11.5. The summed E-state index contributed by atoms with van der Waals surface area (Å²) in [5, 5.41) is 13.5. The van der Waals surface area contributed by atoms with Gasteiger partial charge in [-0.1, -0.05) is 18.2 Å². The van der Waals surface area contributed by atoms with E-state index in [1.807, 2.05) is 0 Å². The van der Waals surface area contributed by atoms with Gasteiger partial charge in [-0.3, -0.25) is 14.9 Å². The van der Waals surface area contributed by atoms with E-state index in [2.05, 4.69) is 5.32 Å². The smallest absolute Gasteiger partial charge is 0.274 e. The van der Waals surface area contributed by atoms with Crippen LogP contribution in [0.3, 0.4) is 0 Å². The molecule has 6 nitrogen and oxygen atoms in total. The van der Waals surface area contributed by atoms with Gasteiger partial charge in [-0.25, -0.2) is 0 Å². The molecule has 21 heavy (non-hydrogen) atoms. The molecule has 0 aliphatic carbocycles. The van der Waals surface area contributed by atoms with Crippen LogP contribution >= 0.6 is 0 Å². The molecule has 0 saturated heterocycles. The molecule has 0 atom stereocenters. The second-order valence-corrected chi connectivity index (χ2v) is 4.72. The third-order valence-corrected chi connectivity index (χ3v) is 3.03. The molecule has 0 aromatic heterocycles. The Hall–Kier alpha value is -2.89. The van der Waals surface area contributed by atoms with Crippen LogP contribution in [0.25, 0.3) is 0 Å². The van der Waals surface area contributed by atoms with E-state index in [0.29, 0.717) is 16.9 Å². The first-order chi connectivity index (χ1) is 9.95. The Balaban J connectivity index is 2.07. The molecule has 0 bridgehead atoms. The highest BCUT2D eigenvalue weighted by molar-refractivity contribution is 5.92. The van der Waals surface area contributed by atoms with E-state index < -0.39 is 4.92 Å². The summed E-state index contributed by atoms with van der Waals surface area (Å²) in [4.78, 5) is 22.3. The molecule has 2 rings (SSSR count). The topological polar surface area (TPSA) is 98.3 Å². The van der Waals surface area contributed by atoms with Crippen LogP contribution in [0.4, 0.5) is 17.1 Å². The average Bonchev–Trinajstić information content (AvgIpc) is 2.43. The van der Waals surface area contributed by atoms with Crippen molar-refractivity contribution in [2.45, 2.75) is 13.3 Å². The minimum absolute atomic E-state index is 0.0136. The number of nitrogens with one attached hydrogen (secondary N) is 1. The summed E-state index contributed by atoms with van der Waals surface area (Å²) in [7, 11) is 0. The minimum Gasteiger partial charge on any atom is -0.399 e. The number of aryl methyl sites for hydroxylation is 1. The van der Waals surface area contributed by atoms with Crippen molar-refractivity contribution in [2.24, 2.45) is 0 Å². The van der Waals surface area contributed by atoms with Crippen molar-refractivity contribution < 1.29 is 9.72 Å². The van der Waals surface area contributed by atoms with Crippen LogP contribution < -0.4 is 11.1 Å². The molecule has 0 radical (unpaired) electrons. The number of nitrogen functional groups attached to an aromatic ring is 1. The highest BCUT2D eigenvalue weighted by Crippen LogP contribution is 2.22. The van der Waals surface area contributed by atoms with Gasteiger partial charge in [0.2, 0.25) is 5.91 Å². The third kappa shape index (κ3) is 3.79. The number of nitro groups is 1. The lowest BCUT2D eigenvalue weighted by atomic mass is 10.1. The zero-order valence-corrected chi connectivity index (χ0v) is 11.5. The van der Waals surface area contributed by atoms with Gasteiger partial charge >= 0.3 is 0 Å². The minimum atomic E-state index is -0.467.